The van der Waals surface area contributed by atoms with Crippen molar-refractivity contribution < 1.29 is 4.79 Å². The van der Waals surface area contributed by atoms with Gasteiger partial charge in [0, 0.05) is 6.04 Å². The zero-order valence-electron chi connectivity index (χ0n) is 23.5. The van der Waals surface area contributed by atoms with Gasteiger partial charge >= 0.3 is 0 Å². The molecule has 2 nitrogen and oxygen atoms in total. The number of hydrogen-bond donors (Lipinski definition) is 1. The van der Waals surface area contributed by atoms with Gasteiger partial charge < -0.3 is 5.32 Å². The summed E-state index contributed by atoms with van der Waals surface area (Å²) >= 11 is 0. The van der Waals surface area contributed by atoms with Gasteiger partial charge in [-0.15, -0.1) is 0 Å². The van der Waals surface area contributed by atoms with E-state index >= 15 is 0 Å². The van der Waals surface area contributed by atoms with Crippen LogP contribution in [0.25, 0.3) is 0 Å². The molecule has 1 saturated heterocycles. The van der Waals surface area contributed by atoms with Crippen LogP contribution in [0, 0.1) is 17.3 Å². The van der Waals surface area contributed by atoms with E-state index < -0.39 is 0 Å². The number of nitrogens with one attached hydrogen (secondary N) is 1. The van der Waals surface area contributed by atoms with Gasteiger partial charge in [-0.25, -0.2) is 0 Å². The number of β-lactam (4-membered cyclic amide) rings is 1. The van der Waals surface area contributed by atoms with Crippen LogP contribution in [0.3, 0.4) is 0 Å². The third kappa shape index (κ3) is 11.6. The van der Waals surface area contributed by atoms with Crippen molar-refractivity contribution in [3.8, 4) is 0 Å². The molecular weight excluding hydrogens is 402 g/mol. The molecule has 33 heavy (non-hydrogen) atoms. The predicted octanol–water partition coefficient (Wildman–Crippen LogP) is 10.00. The van der Waals surface area contributed by atoms with Gasteiger partial charge in [0.1, 0.15) is 0 Å². The Morgan fingerprint density at radius 2 is 1.03 bits per heavy atom. The van der Waals surface area contributed by atoms with E-state index in [4.69, 9.17) is 0 Å². The zero-order valence-corrected chi connectivity index (χ0v) is 23.5. The standard InChI is InChI=1S/C31H61NO/c1-6-10-14-18-22-26-31(5,25-21-17-13-9-4)29-28(30(33)32-29)27(23-19-15-11-7-2)24-20-16-12-8-3/h27-29H,6-26H2,1-5H3,(H,32,33). The van der Waals surface area contributed by atoms with Gasteiger partial charge in [0.25, 0.3) is 0 Å². The third-order valence-electron chi connectivity index (χ3n) is 8.53. The number of carbonyl (C=O) groups is 1. The second kappa shape index (κ2) is 18.8. The Labute approximate surface area is 208 Å². The number of rotatable bonds is 23. The third-order valence-corrected chi connectivity index (χ3v) is 8.53. The van der Waals surface area contributed by atoms with Crippen molar-refractivity contribution in [1.82, 2.24) is 5.32 Å². The van der Waals surface area contributed by atoms with Crippen LogP contribution in [0.2, 0.25) is 0 Å². The highest BCUT2D eigenvalue weighted by Gasteiger charge is 2.51. The average molecular weight is 464 g/mol. The van der Waals surface area contributed by atoms with Crippen LogP contribution < -0.4 is 5.32 Å². The molecule has 196 valence electrons. The Morgan fingerprint density at radius 3 is 1.45 bits per heavy atom. The first-order valence-electron chi connectivity index (χ1n) is 15.3. The molecule has 0 radical (unpaired) electrons. The van der Waals surface area contributed by atoms with Crippen molar-refractivity contribution >= 4 is 5.91 Å². The van der Waals surface area contributed by atoms with Crippen molar-refractivity contribution in [3.63, 3.8) is 0 Å². The molecule has 1 fully saturated rings. The molecule has 1 aliphatic rings. The Morgan fingerprint density at radius 1 is 0.636 bits per heavy atom. The van der Waals surface area contributed by atoms with Crippen LogP contribution in [-0.4, -0.2) is 11.9 Å². The van der Waals surface area contributed by atoms with Crippen LogP contribution in [-0.2, 0) is 4.79 Å². The van der Waals surface area contributed by atoms with Crippen molar-refractivity contribution in [2.75, 3.05) is 0 Å². The predicted molar refractivity (Wildman–Crippen MR) is 147 cm³/mol. The van der Waals surface area contributed by atoms with Gasteiger partial charge in [-0.05, 0) is 37.0 Å². The number of carbonyl (C=O) groups excluding carboxylic acids is 1. The minimum atomic E-state index is 0.278. The Kier molecular flexibility index (Phi) is 17.3. The zero-order chi connectivity index (χ0) is 24.4. The maximum absolute atomic E-state index is 13.0. The topological polar surface area (TPSA) is 29.1 Å². The van der Waals surface area contributed by atoms with E-state index in [1.165, 1.54) is 135 Å². The summed E-state index contributed by atoms with van der Waals surface area (Å²) in [5.74, 6) is 1.26. The Hall–Kier alpha value is -0.530. The largest absolute Gasteiger partial charge is 0.352 e. The summed E-state index contributed by atoms with van der Waals surface area (Å²) in [7, 11) is 0. The second-order valence-electron chi connectivity index (χ2n) is 11.6. The fourth-order valence-corrected chi connectivity index (χ4v) is 6.18. The summed E-state index contributed by atoms with van der Waals surface area (Å²) in [6.45, 7) is 11.7. The van der Waals surface area contributed by atoms with Gasteiger partial charge in [0.15, 0.2) is 0 Å². The molecule has 1 amide bonds. The molecule has 1 heterocycles. The highest BCUT2D eigenvalue weighted by molar-refractivity contribution is 5.86. The lowest BCUT2D eigenvalue weighted by Gasteiger charge is -2.51. The number of hydrogen-bond acceptors (Lipinski definition) is 1. The van der Waals surface area contributed by atoms with Crippen molar-refractivity contribution in [2.45, 2.75) is 175 Å². The maximum atomic E-state index is 13.0. The lowest BCUT2D eigenvalue weighted by atomic mass is 9.61. The summed E-state index contributed by atoms with van der Waals surface area (Å²) in [4.78, 5) is 13.0. The second-order valence-corrected chi connectivity index (χ2v) is 11.6. The highest BCUT2D eigenvalue weighted by atomic mass is 16.2. The highest BCUT2D eigenvalue weighted by Crippen LogP contribution is 2.45. The summed E-state index contributed by atoms with van der Waals surface area (Å²) in [5.41, 5.74) is 0.281. The SMILES string of the molecule is CCCCCCCC(C)(CCCCCC)C1NC(=O)C1C(CCCCCC)CCCCCC. The molecule has 3 atom stereocenters. The first-order valence-corrected chi connectivity index (χ1v) is 15.3. The molecule has 1 rings (SSSR count). The lowest BCUT2D eigenvalue weighted by molar-refractivity contribution is -0.144. The van der Waals surface area contributed by atoms with Gasteiger partial charge in [0.2, 0.25) is 5.91 Å². The molecule has 0 aromatic rings. The molecule has 1 aliphatic heterocycles. The first-order chi connectivity index (χ1) is 16.0. The summed E-state index contributed by atoms with van der Waals surface area (Å²) in [5, 5.41) is 3.47. The van der Waals surface area contributed by atoms with Crippen molar-refractivity contribution in [3.05, 3.63) is 0 Å². The number of unbranched alkanes of at least 4 members (excludes halogenated alkanes) is 13. The first kappa shape index (κ1) is 30.5. The minimum Gasteiger partial charge on any atom is -0.352 e. The maximum Gasteiger partial charge on any atom is 0.225 e. The molecule has 0 saturated carbocycles. The molecule has 0 spiro atoms. The van der Waals surface area contributed by atoms with Crippen LogP contribution in [0.1, 0.15) is 169 Å². The molecule has 2 heteroatoms. The average Bonchev–Trinajstić information content (AvgIpc) is 2.80. The monoisotopic (exact) mass is 463 g/mol. The van der Waals surface area contributed by atoms with Crippen LogP contribution >= 0.6 is 0 Å². The van der Waals surface area contributed by atoms with Gasteiger partial charge in [0.05, 0.1) is 5.92 Å². The fourth-order valence-electron chi connectivity index (χ4n) is 6.18. The normalized spacial score (nSPS) is 20.0. The van der Waals surface area contributed by atoms with E-state index in [0.29, 0.717) is 17.9 Å². The summed E-state index contributed by atoms with van der Waals surface area (Å²) in [6.07, 6.45) is 27.8. The van der Waals surface area contributed by atoms with Gasteiger partial charge in [-0.1, -0.05) is 144 Å². The fraction of sp³-hybridized carbons (Fsp3) is 0.968. The van der Waals surface area contributed by atoms with Gasteiger partial charge in [-0.2, -0.15) is 0 Å². The molecule has 0 aromatic heterocycles. The van der Waals surface area contributed by atoms with Crippen molar-refractivity contribution in [2.24, 2.45) is 17.3 Å². The van der Waals surface area contributed by atoms with Crippen LogP contribution in [0.15, 0.2) is 0 Å². The summed E-state index contributed by atoms with van der Waals surface area (Å²) in [6, 6.07) is 0.417. The lowest BCUT2D eigenvalue weighted by Crippen LogP contribution is -2.66. The molecule has 0 bridgehead atoms. The molecule has 1 N–H and O–H groups in total. The van der Waals surface area contributed by atoms with Crippen molar-refractivity contribution in [1.29, 1.82) is 0 Å². The van der Waals surface area contributed by atoms with Gasteiger partial charge in [-0.3, -0.25) is 4.79 Å². The van der Waals surface area contributed by atoms with E-state index in [0.717, 1.165) is 0 Å². The quantitative estimate of drug-likeness (QED) is 0.118. The van der Waals surface area contributed by atoms with E-state index in [1.807, 2.05) is 0 Å². The van der Waals surface area contributed by atoms with E-state index in [1.54, 1.807) is 0 Å². The Balaban J connectivity index is 2.84. The summed E-state index contributed by atoms with van der Waals surface area (Å²) < 4.78 is 0. The van der Waals surface area contributed by atoms with E-state index in [9.17, 15) is 4.79 Å². The van der Waals surface area contributed by atoms with E-state index in [2.05, 4.69) is 39.9 Å². The molecule has 0 aliphatic carbocycles. The van der Waals surface area contributed by atoms with Crippen LogP contribution in [0.5, 0.6) is 0 Å². The number of amides is 1. The minimum absolute atomic E-state index is 0.278. The van der Waals surface area contributed by atoms with Crippen LogP contribution in [0.4, 0.5) is 0 Å². The molecule has 3 unspecified atom stereocenters. The molecular formula is C31H61NO. The molecule has 0 aromatic carbocycles. The van der Waals surface area contributed by atoms with E-state index in [-0.39, 0.29) is 11.3 Å². The Bertz CT molecular complexity index is 464. The smallest absolute Gasteiger partial charge is 0.225 e.